The molecule has 100 valence electrons. The lowest BCUT2D eigenvalue weighted by Gasteiger charge is -2.16. The van der Waals surface area contributed by atoms with Crippen molar-refractivity contribution in [2.75, 3.05) is 11.9 Å². The molecule has 0 saturated heterocycles. The number of carbonyl (C=O) groups excluding carboxylic acids is 1. The second-order valence-electron chi connectivity index (χ2n) is 4.69. The van der Waals surface area contributed by atoms with Gasteiger partial charge in [0.15, 0.2) is 0 Å². The molecule has 1 heterocycles. The number of nitrogens with zero attached hydrogens (tertiary/aromatic N) is 2. The number of rotatable bonds is 1. The fraction of sp³-hybridized carbons (Fsp3) is 0.125. The van der Waals surface area contributed by atoms with Crippen LogP contribution in [0.15, 0.2) is 58.0 Å². The van der Waals surface area contributed by atoms with Crippen LogP contribution in [0.1, 0.15) is 12.0 Å². The van der Waals surface area contributed by atoms with Gasteiger partial charge >= 0.3 is 0 Å². The molecule has 0 N–H and O–H groups in total. The molecule has 0 saturated carbocycles. The molecule has 0 unspecified atom stereocenters. The molecule has 0 fully saturated rings. The van der Waals surface area contributed by atoms with Crippen molar-refractivity contribution in [3.8, 4) is 0 Å². The zero-order valence-corrected chi connectivity index (χ0v) is 12.6. The Balaban J connectivity index is 2.15. The molecule has 1 amide bonds. The van der Waals surface area contributed by atoms with Gasteiger partial charge in [0.05, 0.1) is 23.5 Å². The molecule has 0 aromatic heterocycles. The minimum Gasteiger partial charge on any atom is -0.313 e. The summed E-state index contributed by atoms with van der Waals surface area (Å²) < 4.78 is 0.939. The number of halogens is 1. The molecule has 0 aliphatic carbocycles. The van der Waals surface area contributed by atoms with E-state index in [1.165, 1.54) is 0 Å². The van der Waals surface area contributed by atoms with Crippen LogP contribution in [-0.2, 0) is 4.79 Å². The van der Waals surface area contributed by atoms with Crippen LogP contribution >= 0.6 is 15.9 Å². The molecule has 0 atom stereocenters. The molecule has 20 heavy (non-hydrogen) atoms. The summed E-state index contributed by atoms with van der Waals surface area (Å²) >= 11 is 3.44. The molecular weight excluding hydrogens is 316 g/mol. The molecule has 0 spiro atoms. The van der Waals surface area contributed by atoms with E-state index >= 15 is 0 Å². The first-order chi connectivity index (χ1) is 9.65. The monoisotopic (exact) mass is 328 g/mol. The van der Waals surface area contributed by atoms with Gasteiger partial charge in [0.1, 0.15) is 0 Å². The molecule has 1 aliphatic rings. The Labute approximate surface area is 126 Å². The van der Waals surface area contributed by atoms with Gasteiger partial charge in [-0.25, -0.2) is 0 Å². The quantitative estimate of drug-likeness (QED) is 0.780. The van der Waals surface area contributed by atoms with Crippen LogP contribution in [0.2, 0.25) is 0 Å². The summed E-state index contributed by atoms with van der Waals surface area (Å²) in [6, 6.07) is 15.6. The highest BCUT2D eigenvalue weighted by Gasteiger charge is 2.22. The third kappa shape index (κ3) is 2.39. The second kappa shape index (κ2) is 5.21. The van der Waals surface area contributed by atoms with Crippen molar-refractivity contribution in [1.82, 2.24) is 0 Å². The molecule has 3 nitrogen and oxygen atoms in total. The predicted octanol–water partition coefficient (Wildman–Crippen LogP) is 3.94. The molecule has 2 aromatic carbocycles. The van der Waals surface area contributed by atoms with Gasteiger partial charge in [0.25, 0.3) is 0 Å². The van der Waals surface area contributed by atoms with Gasteiger partial charge in [-0.2, -0.15) is 0 Å². The maximum Gasteiger partial charge on any atom is 0.232 e. The highest BCUT2D eigenvalue weighted by Crippen LogP contribution is 2.34. The zero-order chi connectivity index (χ0) is 14.1. The van der Waals surface area contributed by atoms with Crippen LogP contribution < -0.4 is 4.90 Å². The number of aliphatic imine (C=N–C) groups is 1. The van der Waals surface area contributed by atoms with E-state index in [1.807, 2.05) is 48.5 Å². The molecule has 2 aromatic rings. The minimum absolute atomic E-state index is 0.0458. The van der Waals surface area contributed by atoms with E-state index in [0.29, 0.717) is 6.42 Å². The average molecular weight is 329 g/mol. The number of carbonyl (C=O) groups is 1. The van der Waals surface area contributed by atoms with Crippen molar-refractivity contribution >= 4 is 38.9 Å². The normalized spacial score (nSPS) is 14.6. The van der Waals surface area contributed by atoms with Crippen molar-refractivity contribution < 1.29 is 4.79 Å². The number of fused-ring (bicyclic) bond motifs is 1. The van der Waals surface area contributed by atoms with Gasteiger partial charge in [0.2, 0.25) is 5.91 Å². The molecule has 0 radical (unpaired) electrons. The third-order valence-electron chi connectivity index (χ3n) is 3.35. The third-order valence-corrected chi connectivity index (χ3v) is 3.85. The van der Waals surface area contributed by atoms with Crippen LogP contribution in [0.5, 0.6) is 0 Å². The van der Waals surface area contributed by atoms with Crippen LogP contribution in [-0.4, -0.2) is 18.7 Å². The van der Waals surface area contributed by atoms with Crippen molar-refractivity contribution in [3.63, 3.8) is 0 Å². The first-order valence-electron chi connectivity index (χ1n) is 6.34. The Hall–Kier alpha value is -1.94. The number of hydrogen-bond acceptors (Lipinski definition) is 2. The van der Waals surface area contributed by atoms with E-state index in [-0.39, 0.29) is 5.91 Å². The van der Waals surface area contributed by atoms with Crippen molar-refractivity contribution in [1.29, 1.82) is 0 Å². The van der Waals surface area contributed by atoms with E-state index in [0.717, 1.165) is 27.1 Å². The van der Waals surface area contributed by atoms with Gasteiger partial charge in [-0.05, 0) is 23.8 Å². The first-order valence-corrected chi connectivity index (χ1v) is 7.13. The van der Waals surface area contributed by atoms with Crippen LogP contribution in [0.4, 0.5) is 11.4 Å². The number of benzene rings is 2. The summed E-state index contributed by atoms with van der Waals surface area (Å²) in [4.78, 5) is 18.7. The minimum atomic E-state index is 0.0458. The van der Waals surface area contributed by atoms with Crippen LogP contribution in [0.3, 0.4) is 0 Å². The lowest BCUT2D eigenvalue weighted by molar-refractivity contribution is -0.117. The SMILES string of the molecule is CN1C(=O)CC(c2ccccc2)=Nc2ccc(Br)cc21. The Morgan fingerprint density at radius 2 is 1.90 bits per heavy atom. The largest absolute Gasteiger partial charge is 0.313 e. The van der Waals surface area contributed by atoms with Gasteiger partial charge in [0, 0.05) is 11.5 Å². The lowest BCUT2D eigenvalue weighted by Crippen LogP contribution is -2.27. The van der Waals surface area contributed by atoms with E-state index in [4.69, 9.17) is 0 Å². The molecule has 3 rings (SSSR count). The van der Waals surface area contributed by atoms with Gasteiger partial charge in [-0.3, -0.25) is 9.79 Å². The van der Waals surface area contributed by atoms with Crippen LogP contribution in [0, 0.1) is 0 Å². The molecule has 4 heteroatoms. The fourth-order valence-corrected chi connectivity index (χ4v) is 2.59. The second-order valence-corrected chi connectivity index (χ2v) is 5.60. The summed E-state index contributed by atoms with van der Waals surface area (Å²) in [5.74, 6) is 0.0458. The van der Waals surface area contributed by atoms with Gasteiger partial charge in [-0.1, -0.05) is 46.3 Å². The lowest BCUT2D eigenvalue weighted by atomic mass is 10.1. The summed E-state index contributed by atoms with van der Waals surface area (Å²) in [5, 5.41) is 0. The van der Waals surface area contributed by atoms with E-state index in [1.54, 1.807) is 11.9 Å². The topological polar surface area (TPSA) is 32.7 Å². The van der Waals surface area contributed by atoms with Crippen molar-refractivity contribution in [2.45, 2.75) is 6.42 Å². The Morgan fingerprint density at radius 3 is 2.65 bits per heavy atom. The zero-order valence-electron chi connectivity index (χ0n) is 11.0. The fourth-order valence-electron chi connectivity index (χ4n) is 2.24. The Bertz CT molecular complexity index is 695. The molecule has 1 aliphatic heterocycles. The van der Waals surface area contributed by atoms with E-state index in [2.05, 4.69) is 20.9 Å². The standard InChI is InChI=1S/C16H13BrN2O/c1-19-15-9-12(17)7-8-13(15)18-14(10-16(19)20)11-5-3-2-4-6-11/h2-9H,10H2,1H3. The average Bonchev–Trinajstić information content (AvgIpc) is 2.59. The molecule has 0 bridgehead atoms. The predicted molar refractivity (Wildman–Crippen MR) is 84.8 cm³/mol. The Kier molecular flexibility index (Phi) is 3.40. The van der Waals surface area contributed by atoms with Crippen molar-refractivity contribution in [2.24, 2.45) is 4.99 Å². The first kappa shape index (κ1) is 13.1. The maximum absolute atomic E-state index is 12.3. The maximum atomic E-state index is 12.3. The number of amides is 1. The summed E-state index contributed by atoms with van der Waals surface area (Å²) in [5.41, 5.74) is 3.45. The van der Waals surface area contributed by atoms with Crippen LogP contribution in [0.25, 0.3) is 0 Å². The number of anilines is 1. The Morgan fingerprint density at radius 1 is 1.15 bits per heavy atom. The van der Waals surface area contributed by atoms with E-state index in [9.17, 15) is 4.79 Å². The summed E-state index contributed by atoms with van der Waals surface area (Å²) in [6.07, 6.45) is 0.312. The summed E-state index contributed by atoms with van der Waals surface area (Å²) in [7, 11) is 1.79. The smallest absolute Gasteiger partial charge is 0.232 e. The van der Waals surface area contributed by atoms with Crippen molar-refractivity contribution in [3.05, 3.63) is 58.6 Å². The van der Waals surface area contributed by atoms with Gasteiger partial charge in [-0.15, -0.1) is 0 Å². The molecular formula is C16H13BrN2O. The summed E-state index contributed by atoms with van der Waals surface area (Å²) in [6.45, 7) is 0. The van der Waals surface area contributed by atoms with E-state index < -0.39 is 0 Å². The highest BCUT2D eigenvalue weighted by molar-refractivity contribution is 9.10. The number of hydrogen-bond donors (Lipinski definition) is 0. The highest BCUT2D eigenvalue weighted by atomic mass is 79.9. The van der Waals surface area contributed by atoms with Gasteiger partial charge < -0.3 is 4.90 Å².